The Balaban J connectivity index is 2.49. The highest BCUT2D eigenvalue weighted by atomic mass is 35.5. The van der Waals surface area contributed by atoms with E-state index in [0.717, 1.165) is 22.9 Å². The Bertz CT molecular complexity index is 448. The Hall–Kier alpha value is -0.940. The summed E-state index contributed by atoms with van der Waals surface area (Å²) in [5.74, 6) is 0. The molecular formula is C8H9ClN4S. The van der Waals surface area contributed by atoms with Gasteiger partial charge in [0.05, 0.1) is 11.4 Å². The van der Waals surface area contributed by atoms with E-state index in [9.17, 15) is 0 Å². The Morgan fingerprint density at radius 2 is 2.36 bits per heavy atom. The summed E-state index contributed by atoms with van der Waals surface area (Å²) in [4.78, 5) is 4.11. The van der Waals surface area contributed by atoms with Gasteiger partial charge in [-0.05, 0) is 43.0 Å². The maximum Gasteiger partial charge on any atom is 0.234 e. The Kier molecular flexibility index (Phi) is 2.52. The van der Waals surface area contributed by atoms with E-state index in [4.69, 9.17) is 11.6 Å². The molecule has 0 aliphatic heterocycles. The second-order valence-corrected chi connectivity index (χ2v) is 3.95. The lowest BCUT2D eigenvalue weighted by Crippen LogP contribution is -1.98. The summed E-state index contributed by atoms with van der Waals surface area (Å²) in [6.45, 7) is 4.82. The van der Waals surface area contributed by atoms with Crippen molar-refractivity contribution in [2.75, 3.05) is 0 Å². The number of nitrogens with zero attached hydrogens (tertiary/aromatic N) is 4. The van der Waals surface area contributed by atoms with Gasteiger partial charge in [0.25, 0.3) is 0 Å². The van der Waals surface area contributed by atoms with Gasteiger partial charge in [-0.25, -0.2) is 4.98 Å². The van der Waals surface area contributed by atoms with Gasteiger partial charge in [0.2, 0.25) is 5.28 Å². The van der Waals surface area contributed by atoms with Gasteiger partial charge in [-0.3, -0.25) is 4.68 Å². The lowest BCUT2D eigenvalue weighted by Gasteiger charge is -1.98. The minimum absolute atomic E-state index is 0.298. The fraction of sp³-hybridized carbons (Fsp3) is 0.375. The molecule has 0 aromatic carbocycles. The van der Waals surface area contributed by atoms with Crippen molar-refractivity contribution in [3.63, 3.8) is 0 Å². The summed E-state index contributed by atoms with van der Waals surface area (Å²) in [7, 11) is 0. The summed E-state index contributed by atoms with van der Waals surface area (Å²) in [6, 6.07) is 1.99. The number of hydrogen-bond acceptors (Lipinski definition) is 4. The van der Waals surface area contributed by atoms with Gasteiger partial charge >= 0.3 is 0 Å². The molecule has 0 spiro atoms. The summed E-state index contributed by atoms with van der Waals surface area (Å²) in [5.41, 5.74) is 1.96. The highest BCUT2D eigenvalue weighted by molar-refractivity contribution is 7.09. The molecule has 4 nitrogen and oxygen atoms in total. The summed E-state index contributed by atoms with van der Waals surface area (Å²) >= 11 is 6.96. The largest absolute Gasteiger partial charge is 0.262 e. The quantitative estimate of drug-likeness (QED) is 0.793. The van der Waals surface area contributed by atoms with Crippen LogP contribution in [0.4, 0.5) is 0 Å². The first-order chi connectivity index (χ1) is 6.70. The Labute approximate surface area is 90.7 Å². The third kappa shape index (κ3) is 1.65. The standard InChI is InChI=1S/C8H9ClN4S/c1-3-13-6(4-5(2)11-13)7-10-8(9)12-14-7/h4H,3H2,1-2H3. The maximum atomic E-state index is 5.67. The van der Waals surface area contributed by atoms with E-state index in [2.05, 4.69) is 14.5 Å². The van der Waals surface area contributed by atoms with Crippen LogP contribution < -0.4 is 0 Å². The van der Waals surface area contributed by atoms with Gasteiger partial charge in [-0.1, -0.05) is 0 Å². The van der Waals surface area contributed by atoms with E-state index in [0.29, 0.717) is 5.28 Å². The minimum Gasteiger partial charge on any atom is -0.262 e. The van der Waals surface area contributed by atoms with Crippen LogP contribution in [-0.4, -0.2) is 19.1 Å². The van der Waals surface area contributed by atoms with Crippen molar-refractivity contribution in [2.45, 2.75) is 20.4 Å². The van der Waals surface area contributed by atoms with Gasteiger partial charge in [0.15, 0.2) is 5.01 Å². The average Bonchev–Trinajstić information content (AvgIpc) is 2.71. The zero-order valence-electron chi connectivity index (χ0n) is 7.86. The van der Waals surface area contributed by atoms with Gasteiger partial charge in [0.1, 0.15) is 0 Å². The highest BCUT2D eigenvalue weighted by Crippen LogP contribution is 2.23. The summed E-state index contributed by atoms with van der Waals surface area (Å²) < 4.78 is 5.83. The van der Waals surface area contributed by atoms with E-state index in [1.54, 1.807) is 0 Å². The van der Waals surface area contributed by atoms with Crippen LogP contribution in [0.15, 0.2) is 6.07 Å². The molecule has 2 rings (SSSR count). The molecule has 6 heteroatoms. The van der Waals surface area contributed by atoms with Crippen LogP contribution in [-0.2, 0) is 6.54 Å². The van der Waals surface area contributed by atoms with Crippen LogP contribution in [0.2, 0.25) is 5.28 Å². The molecule has 2 heterocycles. The second-order valence-electron chi connectivity index (χ2n) is 2.86. The molecular weight excluding hydrogens is 220 g/mol. The van der Waals surface area contributed by atoms with Crippen molar-refractivity contribution in [3.05, 3.63) is 17.0 Å². The molecule has 0 radical (unpaired) electrons. The van der Waals surface area contributed by atoms with Crippen LogP contribution in [0.3, 0.4) is 0 Å². The SMILES string of the molecule is CCn1nc(C)cc1-c1nc(Cl)ns1. The number of halogens is 1. The minimum atomic E-state index is 0.298. The summed E-state index contributed by atoms with van der Waals surface area (Å²) in [6.07, 6.45) is 0. The van der Waals surface area contributed by atoms with Crippen molar-refractivity contribution >= 4 is 23.1 Å². The monoisotopic (exact) mass is 228 g/mol. The molecule has 0 bridgehead atoms. The van der Waals surface area contributed by atoms with Crippen molar-refractivity contribution in [1.29, 1.82) is 0 Å². The molecule has 0 saturated carbocycles. The van der Waals surface area contributed by atoms with E-state index in [1.807, 2.05) is 24.6 Å². The number of hydrogen-bond donors (Lipinski definition) is 0. The highest BCUT2D eigenvalue weighted by Gasteiger charge is 2.11. The fourth-order valence-corrected chi connectivity index (χ4v) is 2.09. The fourth-order valence-electron chi connectivity index (χ4n) is 1.27. The summed E-state index contributed by atoms with van der Waals surface area (Å²) in [5, 5.41) is 5.44. The molecule has 74 valence electrons. The van der Waals surface area contributed by atoms with E-state index >= 15 is 0 Å². The lowest BCUT2D eigenvalue weighted by molar-refractivity contribution is 0.660. The first kappa shape index (κ1) is 9.61. The molecule has 0 atom stereocenters. The van der Waals surface area contributed by atoms with E-state index < -0.39 is 0 Å². The first-order valence-electron chi connectivity index (χ1n) is 4.24. The van der Waals surface area contributed by atoms with Crippen LogP contribution in [0, 0.1) is 6.92 Å². The van der Waals surface area contributed by atoms with Gasteiger partial charge in [-0.15, -0.1) is 0 Å². The molecule has 0 amide bonds. The van der Waals surface area contributed by atoms with Crippen molar-refractivity contribution < 1.29 is 0 Å². The van der Waals surface area contributed by atoms with Crippen LogP contribution >= 0.6 is 23.1 Å². The zero-order valence-corrected chi connectivity index (χ0v) is 9.43. The van der Waals surface area contributed by atoms with Crippen LogP contribution in [0.5, 0.6) is 0 Å². The van der Waals surface area contributed by atoms with Crippen molar-refractivity contribution in [2.24, 2.45) is 0 Å². The number of rotatable bonds is 2. The molecule has 0 unspecified atom stereocenters. The Morgan fingerprint density at radius 3 is 2.93 bits per heavy atom. The molecule has 0 fully saturated rings. The third-order valence-corrected chi connectivity index (χ3v) is 2.83. The van der Waals surface area contributed by atoms with E-state index in [1.165, 1.54) is 11.5 Å². The van der Waals surface area contributed by atoms with Gasteiger partial charge < -0.3 is 0 Å². The van der Waals surface area contributed by atoms with Gasteiger partial charge in [-0.2, -0.15) is 9.47 Å². The molecule has 14 heavy (non-hydrogen) atoms. The molecule has 2 aromatic rings. The smallest absolute Gasteiger partial charge is 0.234 e. The topological polar surface area (TPSA) is 43.6 Å². The first-order valence-corrected chi connectivity index (χ1v) is 5.40. The molecule has 0 saturated heterocycles. The third-order valence-electron chi connectivity index (χ3n) is 1.82. The second kappa shape index (κ2) is 3.67. The molecule has 0 aliphatic rings. The molecule has 2 aromatic heterocycles. The van der Waals surface area contributed by atoms with Crippen LogP contribution in [0.1, 0.15) is 12.6 Å². The number of aryl methyl sites for hydroxylation is 2. The predicted octanol–water partition coefficient (Wildman–Crippen LogP) is 2.38. The maximum absolute atomic E-state index is 5.67. The van der Waals surface area contributed by atoms with E-state index in [-0.39, 0.29) is 0 Å². The van der Waals surface area contributed by atoms with Crippen LogP contribution in [0.25, 0.3) is 10.7 Å². The predicted molar refractivity (Wildman–Crippen MR) is 56.6 cm³/mol. The lowest BCUT2D eigenvalue weighted by atomic mass is 10.4. The van der Waals surface area contributed by atoms with Gasteiger partial charge in [0, 0.05) is 6.54 Å². The molecule has 0 N–H and O–H groups in total. The number of aromatic nitrogens is 4. The van der Waals surface area contributed by atoms with Crippen molar-refractivity contribution in [1.82, 2.24) is 19.1 Å². The van der Waals surface area contributed by atoms with Crippen molar-refractivity contribution in [3.8, 4) is 10.7 Å². The molecule has 0 aliphatic carbocycles. The Morgan fingerprint density at radius 1 is 1.57 bits per heavy atom. The zero-order chi connectivity index (χ0) is 10.1. The average molecular weight is 229 g/mol. The normalized spacial score (nSPS) is 10.8.